The van der Waals surface area contributed by atoms with E-state index in [1.165, 1.54) is 11.3 Å². The van der Waals surface area contributed by atoms with E-state index in [0.29, 0.717) is 6.42 Å². The second kappa shape index (κ2) is 5.43. The second-order valence-electron chi connectivity index (χ2n) is 4.58. The predicted octanol–water partition coefficient (Wildman–Crippen LogP) is 2.91. The van der Waals surface area contributed by atoms with Crippen LogP contribution in [0, 0.1) is 0 Å². The Morgan fingerprint density at radius 1 is 1.10 bits per heavy atom. The van der Waals surface area contributed by atoms with Crippen LogP contribution in [0.15, 0.2) is 59.6 Å². The van der Waals surface area contributed by atoms with Crippen LogP contribution in [0.1, 0.15) is 5.56 Å². The number of hydrogen-bond acceptors (Lipinski definition) is 2. The van der Waals surface area contributed by atoms with E-state index in [-0.39, 0.29) is 5.91 Å². The number of carbonyl (C=O) groups is 1. The van der Waals surface area contributed by atoms with Crippen molar-refractivity contribution in [2.24, 2.45) is 12.0 Å². The van der Waals surface area contributed by atoms with Crippen LogP contribution in [0.3, 0.4) is 0 Å². The number of aryl methyl sites for hydroxylation is 1. The Bertz CT molecular complexity index is 815. The molecule has 0 saturated heterocycles. The molecule has 1 aromatic heterocycles. The van der Waals surface area contributed by atoms with Crippen LogP contribution in [0.4, 0.5) is 0 Å². The summed E-state index contributed by atoms with van der Waals surface area (Å²) in [6.07, 6.45) is 0.342. The standard InChI is InChI=1S/C16H14N2OS/c1-18-13-9-5-6-10-14(13)20-16(18)17-15(19)11-12-7-3-2-4-8-12/h2-10H,11H2,1H3. The zero-order chi connectivity index (χ0) is 13.9. The molecule has 1 heterocycles. The smallest absolute Gasteiger partial charge is 0.252 e. The Morgan fingerprint density at radius 2 is 1.80 bits per heavy atom. The van der Waals surface area contributed by atoms with E-state index in [0.717, 1.165) is 20.6 Å². The maximum Gasteiger partial charge on any atom is 0.252 e. The summed E-state index contributed by atoms with van der Waals surface area (Å²) in [5.41, 5.74) is 2.09. The van der Waals surface area contributed by atoms with Crippen molar-refractivity contribution in [1.29, 1.82) is 0 Å². The van der Waals surface area contributed by atoms with Crippen molar-refractivity contribution in [3.05, 3.63) is 65.0 Å². The van der Waals surface area contributed by atoms with Crippen molar-refractivity contribution in [3.63, 3.8) is 0 Å². The number of hydrogen-bond donors (Lipinski definition) is 0. The van der Waals surface area contributed by atoms with E-state index >= 15 is 0 Å². The summed E-state index contributed by atoms with van der Waals surface area (Å²) in [6.45, 7) is 0. The second-order valence-corrected chi connectivity index (χ2v) is 5.59. The molecule has 2 aromatic carbocycles. The van der Waals surface area contributed by atoms with Crippen molar-refractivity contribution in [2.45, 2.75) is 6.42 Å². The van der Waals surface area contributed by atoms with Crippen molar-refractivity contribution in [1.82, 2.24) is 4.57 Å². The minimum absolute atomic E-state index is 0.113. The largest absolute Gasteiger partial charge is 0.319 e. The number of fused-ring (bicyclic) bond motifs is 1. The van der Waals surface area contributed by atoms with E-state index in [2.05, 4.69) is 4.99 Å². The molecular formula is C16H14N2OS. The molecule has 0 unspecified atom stereocenters. The first kappa shape index (κ1) is 12.8. The topological polar surface area (TPSA) is 34.4 Å². The molecule has 0 aliphatic rings. The van der Waals surface area contributed by atoms with Gasteiger partial charge in [-0.25, -0.2) is 0 Å². The van der Waals surface area contributed by atoms with Gasteiger partial charge in [0.25, 0.3) is 5.91 Å². The first-order chi connectivity index (χ1) is 9.74. The van der Waals surface area contributed by atoms with Gasteiger partial charge in [0.05, 0.1) is 16.6 Å². The monoisotopic (exact) mass is 282 g/mol. The molecule has 0 aliphatic carbocycles. The van der Waals surface area contributed by atoms with Crippen molar-refractivity contribution in [3.8, 4) is 0 Å². The fourth-order valence-electron chi connectivity index (χ4n) is 2.10. The number of benzene rings is 2. The number of thiazole rings is 1. The third-order valence-electron chi connectivity index (χ3n) is 3.13. The quantitative estimate of drug-likeness (QED) is 0.711. The number of aromatic nitrogens is 1. The highest BCUT2D eigenvalue weighted by molar-refractivity contribution is 7.16. The molecule has 0 N–H and O–H groups in total. The lowest BCUT2D eigenvalue weighted by Gasteiger charge is -1.96. The molecule has 3 aromatic rings. The molecule has 3 nitrogen and oxygen atoms in total. The molecule has 0 spiro atoms. The van der Waals surface area contributed by atoms with Crippen LogP contribution in [-0.4, -0.2) is 10.5 Å². The lowest BCUT2D eigenvalue weighted by Crippen LogP contribution is -2.14. The molecular weight excluding hydrogens is 268 g/mol. The number of carbonyl (C=O) groups excluding carboxylic acids is 1. The van der Waals surface area contributed by atoms with Crippen molar-refractivity contribution >= 4 is 27.5 Å². The molecule has 0 radical (unpaired) electrons. The number of para-hydroxylation sites is 1. The highest BCUT2D eigenvalue weighted by atomic mass is 32.1. The third-order valence-corrected chi connectivity index (χ3v) is 4.25. The highest BCUT2D eigenvalue weighted by Gasteiger charge is 2.05. The maximum absolute atomic E-state index is 12.0. The van der Waals surface area contributed by atoms with Crippen LogP contribution < -0.4 is 4.80 Å². The predicted molar refractivity (Wildman–Crippen MR) is 81.5 cm³/mol. The zero-order valence-corrected chi connectivity index (χ0v) is 11.9. The summed E-state index contributed by atoms with van der Waals surface area (Å²) < 4.78 is 3.10. The molecule has 20 heavy (non-hydrogen) atoms. The van der Waals surface area contributed by atoms with E-state index in [1.54, 1.807) is 0 Å². The van der Waals surface area contributed by atoms with Crippen LogP contribution in [0.2, 0.25) is 0 Å². The Kier molecular flexibility index (Phi) is 3.48. The average molecular weight is 282 g/mol. The van der Waals surface area contributed by atoms with Gasteiger partial charge in [0.1, 0.15) is 0 Å². The first-order valence-corrected chi connectivity index (χ1v) is 7.22. The van der Waals surface area contributed by atoms with E-state index in [9.17, 15) is 4.79 Å². The molecule has 100 valence electrons. The van der Waals surface area contributed by atoms with Crippen LogP contribution in [0.25, 0.3) is 10.2 Å². The van der Waals surface area contributed by atoms with Crippen LogP contribution >= 0.6 is 11.3 Å². The Hall–Kier alpha value is -2.20. The minimum Gasteiger partial charge on any atom is -0.319 e. The van der Waals surface area contributed by atoms with Crippen molar-refractivity contribution < 1.29 is 4.79 Å². The molecule has 3 rings (SSSR count). The maximum atomic E-state index is 12.0. The van der Waals surface area contributed by atoms with Crippen LogP contribution in [0.5, 0.6) is 0 Å². The van der Waals surface area contributed by atoms with Gasteiger partial charge in [-0.15, -0.1) is 0 Å². The molecule has 0 bridgehead atoms. The average Bonchev–Trinajstić information content (AvgIpc) is 2.77. The Morgan fingerprint density at radius 3 is 2.55 bits per heavy atom. The summed E-state index contributed by atoms with van der Waals surface area (Å²) in [7, 11) is 1.94. The molecule has 0 aliphatic heterocycles. The molecule has 0 fully saturated rings. The van der Waals surface area contributed by atoms with Crippen molar-refractivity contribution in [2.75, 3.05) is 0 Å². The normalized spacial score (nSPS) is 11.9. The molecule has 4 heteroatoms. The lowest BCUT2D eigenvalue weighted by molar-refractivity contribution is -0.117. The summed E-state index contributed by atoms with van der Waals surface area (Å²) in [5, 5.41) is 0. The van der Waals surface area contributed by atoms with Gasteiger partial charge >= 0.3 is 0 Å². The summed E-state index contributed by atoms with van der Waals surface area (Å²) in [5.74, 6) is -0.113. The highest BCUT2D eigenvalue weighted by Crippen LogP contribution is 2.15. The van der Waals surface area contributed by atoms with Gasteiger partial charge in [-0.3, -0.25) is 4.79 Å². The van der Waals surface area contributed by atoms with Gasteiger partial charge in [0, 0.05) is 7.05 Å². The Balaban J connectivity index is 1.94. The molecule has 0 atom stereocenters. The van der Waals surface area contributed by atoms with Gasteiger partial charge in [-0.05, 0) is 17.7 Å². The van der Waals surface area contributed by atoms with E-state index < -0.39 is 0 Å². The Labute approximate surface area is 120 Å². The fraction of sp³-hybridized carbons (Fsp3) is 0.125. The van der Waals surface area contributed by atoms with Gasteiger partial charge in [0.2, 0.25) is 0 Å². The fourth-order valence-corrected chi connectivity index (χ4v) is 3.14. The van der Waals surface area contributed by atoms with E-state index in [4.69, 9.17) is 0 Å². The van der Waals surface area contributed by atoms with Gasteiger partial charge < -0.3 is 4.57 Å². The number of rotatable bonds is 2. The minimum atomic E-state index is -0.113. The molecule has 1 amide bonds. The lowest BCUT2D eigenvalue weighted by atomic mass is 10.1. The molecule has 0 saturated carbocycles. The third kappa shape index (κ3) is 2.56. The summed E-state index contributed by atoms with van der Waals surface area (Å²) in [4.78, 5) is 17.0. The summed E-state index contributed by atoms with van der Waals surface area (Å²) >= 11 is 1.54. The number of amides is 1. The first-order valence-electron chi connectivity index (χ1n) is 6.40. The number of nitrogens with zero attached hydrogens (tertiary/aromatic N) is 2. The zero-order valence-electron chi connectivity index (χ0n) is 11.1. The summed E-state index contributed by atoms with van der Waals surface area (Å²) in [6, 6.07) is 17.8. The van der Waals surface area contributed by atoms with Gasteiger partial charge in [-0.2, -0.15) is 4.99 Å². The SMILES string of the molecule is Cn1c(=NC(=O)Cc2ccccc2)sc2ccccc21. The van der Waals surface area contributed by atoms with Gasteiger partial charge in [-0.1, -0.05) is 53.8 Å². The van der Waals surface area contributed by atoms with Gasteiger partial charge in [0.15, 0.2) is 4.80 Å². The van der Waals surface area contributed by atoms with Crippen LogP contribution in [-0.2, 0) is 18.3 Å². The van der Waals surface area contributed by atoms with E-state index in [1.807, 2.05) is 66.2 Å².